The summed E-state index contributed by atoms with van der Waals surface area (Å²) in [6.45, 7) is 6.28. The first-order valence-electron chi connectivity index (χ1n) is 10.9. The third-order valence-corrected chi connectivity index (χ3v) is 5.44. The Morgan fingerprint density at radius 2 is 2.16 bits per heavy atom. The number of hydrogen-bond donors (Lipinski definition) is 2. The van der Waals surface area contributed by atoms with Crippen molar-refractivity contribution in [3.63, 3.8) is 0 Å². The number of benzene rings is 1. The first kappa shape index (κ1) is 23.0. The normalized spacial score (nSPS) is 14.8. The number of aliphatic hydroxyl groups excluding tert-OH is 1. The summed E-state index contributed by atoms with van der Waals surface area (Å²) < 4.78 is 25.2. The first-order chi connectivity index (χ1) is 15.0. The molecule has 2 heterocycles. The Balaban J connectivity index is 1.36. The standard InChI is InChI=1S/C22H31FN4O4/c1-15(2)20-25-22(31-26-20)27-10-7-16(8-11-27)4-3-13-30-17-5-6-18(19(23)14-17)21(29)24-9-12-28/h5-6,14-16,28H,3-4,7-13H2,1-2H3,(H,24,29). The van der Waals surface area contributed by atoms with Gasteiger partial charge >= 0.3 is 6.01 Å². The second-order valence-electron chi connectivity index (χ2n) is 8.13. The molecule has 1 aromatic carbocycles. The summed E-state index contributed by atoms with van der Waals surface area (Å²) in [5.41, 5.74) is -0.0608. The maximum atomic E-state index is 14.1. The number of amides is 1. The highest BCUT2D eigenvalue weighted by Gasteiger charge is 2.23. The second kappa shape index (κ2) is 11.1. The molecule has 9 heteroatoms. The zero-order valence-corrected chi connectivity index (χ0v) is 18.1. The highest BCUT2D eigenvalue weighted by Crippen LogP contribution is 2.26. The topological polar surface area (TPSA) is 101 Å². The van der Waals surface area contributed by atoms with Crippen molar-refractivity contribution >= 4 is 11.9 Å². The molecule has 1 fully saturated rings. The Morgan fingerprint density at radius 3 is 2.81 bits per heavy atom. The molecule has 8 nitrogen and oxygen atoms in total. The van der Waals surface area contributed by atoms with E-state index in [2.05, 4.69) is 20.4 Å². The fraction of sp³-hybridized carbons (Fsp3) is 0.591. The van der Waals surface area contributed by atoms with Crippen LogP contribution in [0.4, 0.5) is 10.4 Å². The van der Waals surface area contributed by atoms with Gasteiger partial charge in [-0.3, -0.25) is 4.79 Å². The van der Waals surface area contributed by atoms with E-state index in [4.69, 9.17) is 14.4 Å². The van der Waals surface area contributed by atoms with Crippen LogP contribution in [-0.4, -0.2) is 54.0 Å². The quantitative estimate of drug-likeness (QED) is 0.554. The summed E-state index contributed by atoms with van der Waals surface area (Å²) in [6, 6.07) is 4.82. The lowest BCUT2D eigenvalue weighted by Crippen LogP contribution is -2.34. The number of halogens is 1. The van der Waals surface area contributed by atoms with Crippen LogP contribution in [0.25, 0.3) is 0 Å². The number of ether oxygens (including phenoxy) is 1. The van der Waals surface area contributed by atoms with Crippen molar-refractivity contribution in [2.45, 2.75) is 45.4 Å². The minimum absolute atomic E-state index is 0.0608. The van der Waals surface area contributed by atoms with E-state index in [1.165, 1.54) is 12.1 Å². The molecule has 0 spiro atoms. The molecule has 170 valence electrons. The lowest BCUT2D eigenvalue weighted by Gasteiger charge is -2.30. The predicted molar refractivity (Wildman–Crippen MR) is 114 cm³/mol. The van der Waals surface area contributed by atoms with Crippen molar-refractivity contribution in [2.75, 3.05) is 37.7 Å². The number of aromatic nitrogens is 2. The van der Waals surface area contributed by atoms with Crippen LogP contribution in [0.5, 0.6) is 5.75 Å². The third-order valence-electron chi connectivity index (χ3n) is 5.44. The van der Waals surface area contributed by atoms with E-state index in [0.29, 0.717) is 24.3 Å². The van der Waals surface area contributed by atoms with Crippen LogP contribution in [0.15, 0.2) is 22.7 Å². The van der Waals surface area contributed by atoms with Gasteiger partial charge in [-0.2, -0.15) is 4.98 Å². The van der Waals surface area contributed by atoms with Gasteiger partial charge < -0.3 is 24.6 Å². The maximum Gasteiger partial charge on any atom is 0.324 e. The fourth-order valence-corrected chi connectivity index (χ4v) is 3.60. The molecule has 0 atom stereocenters. The Kier molecular flexibility index (Phi) is 8.22. The number of hydrogen-bond acceptors (Lipinski definition) is 7. The lowest BCUT2D eigenvalue weighted by atomic mass is 9.92. The molecule has 0 unspecified atom stereocenters. The summed E-state index contributed by atoms with van der Waals surface area (Å²) >= 11 is 0. The number of anilines is 1. The second-order valence-corrected chi connectivity index (χ2v) is 8.13. The van der Waals surface area contributed by atoms with Gasteiger partial charge in [-0.25, -0.2) is 4.39 Å². The van der Waals surface area contributed by atoms with Crippen molar-refractivity contribution in [1.29, 1.82) is 0 Å². The van der Waals surface area contributed by atoms with E-state index in [-0.39, 0.29) is 24.6 Å². The summed E-state index contributed by atoms with van der Waals surface area (Å²) in [5.74, 6) is 0.824. The lowest BCUT2D eigenvalue weighted by molar-refractivity contribution is 0.0940. The summed E-state index contributed by atoms with van der Waals surface area (Å²) in [6.07, 6.45) is 4.04. The molecule has 0 radical (unpaired) electrons. The molecule has 1 amide bonds. The van der Waals surface area contributed by atoms with E-state index in [1.807, 2.05) is 13.8 Å². The molecule has 0 saturated carbocycles. The predicted octanol–water partition coefficient (Wildman–Crippen LogP) is 3.13. The molecule has 2 N–H and O–H groups in total. The Labute approximate surface area is 181 Å². The van der Waals surface area contributed by atoms with Gasteiger partial charge in [0, 0.05) is 31.6 Å². The molecule has 1 aliphatic rings. The summed E-state index contributed by atoms with van der Waals surface area (Å²) in [5, 5.41) is 15.2. The number of carbonyl (C=O) groups excluding carboxylic acids is 1. The van der Waals surface area contributed by atoms with E-state index in [1.54, 1.807) is 6.07 Å². The van der Waals surface area contributed by atoms with Crippen molar-refractivity contribution in [1.82, 2.24) is 15.5 Å². The zero-order chi connectivity index (χ0) is 22.2. The number of aliphatic hydroxyl groups is 1. The molecular formula is C22H31FN4O4. The molecule has 1 aromatic heterocycles. The SMILES string of the molecule is CC(C)c1noc(N2CCC(CCCOc3ccc(C(=O)NCCO)c(F)c3)CC2)n1. The monoisotopic (exact) mass is 434 g/mol. The first-order valence-corrected chi connectivity index (χ1v) is 10.9. The average molecular weight is 435 g/mol. The van der Waals surface area contributed by atoms with Crippen LogP contribution >= 0.6 is 0 Å². The highest BCUT2D eigenvalue weighted by molar-refractivity contribution is 5.94. The average Bonchev–Trinajstić information content (AvgIpc) is 3.26. The van der Waals surface area contributed by atoms with Crippen molar-refractivity contribution in [2.24, 2.45) is 5.92 Å². The Bertz CT molecular complexity index is 850. The Hall–Kier alpha value is -2.68. The summed E-state index contributed by atoms with van der Waals surface area (Å²) in [7, 11) is 0. The molecule has 1 saturated heterocycles. The van der Waals surface area contributed by atoms with E-state index < -0.39 is 11.7 Å². The van der Waals surface area contributed by atoms with Gasteiger partial charge in [0.15, 0.2) is 5.82 Å². The van der Waals surface area contributed by atoms with Crippen molar-refractivity contribution < 1.29 is 23.6 Å². The molecular weight excluding hydrogens is 403 g/mol. The van der Waals surface area contributed by atoms with Crippen LogP contribution in [-0.2, 0) is 0 Å². The molecule has 0 bridgehead atoms. The van der Waals surface area contributed by atoms with Gasteiger partial charge in [-0.1, -0.05) is 19.0 Å². The van der Waals surface area contributed by atoms with Crippen molar-refractivity contribution in [3.05, 3.63) is 35.4 Å². The van der Waals surface area contributed by atoms with Gasteiger partial charge in [0.2, 0.25) is 0 Å². The van der Waals surface area contributed by atoms with Crippen LogP contribution in [0.3, 0.4) is 0 Å². The molecule has 31 heavy (non-hydrogen) atoms. The van der Waals surface area contributed by atoms with Crippen molar-refractivity contribution in [3.8, 4) is 5.75 Å². The molecule has 3 rings (SSSR count). The minimum atomic E-state index is -0.637. The maximum absolute atomic E-state index is 14.1. The van der Waals surface area contributed by atoms with Crippen LogP contribution in [0.1, 0.15) is 61.6 Å². The fourth-order valence-electron chi connectivity index (χ4n) is 3.60. The number of piperidine rings is 1. The van der Waals surface area contributed by atoms with E-state index in [9.17, 15) is 9.18 Å². The van der Waals surface area contributed by atoms with Gasteiger partial charge in [0.1, 0.15) is 11.6 Å². The third kappa shape index (κ3) is 6.40. The number of nitrogens with one attached hydrogen (secondary N) is 1. The van der Waals surface area contributed by atoms with E-state index >= 15 is 0 Å². The Morgan fingerprint density at radius 1 is 1.39 bits per heavy atom. The van der Waals surface area contributed by atoms with Crippen LogP contribution in [0.2, 0.25) is 0 Å². The minimum Gasteiger partial charge on any atom is -0.493 e. The number of nitrogens with zero attached hydrogens (tertiary/aromatic N) is 3. The van der Waals surface area contributed by atoms with E-state index in [0.717, 1.165) is 44.6 Å². The van der Waals surface area contributed by atoms with Gasteiger partial charge in [0.25, 0.3) is 5.91 Å². The molecule has 2 aromatic rings. The van der Waals surface area contributed by atoms with Crippen LogP contribution in [0, 0.1) is 11.7 Å². The van der Waals surface area contributed by atoms with Gasteiger partial charge in [-0.15, -0.1) is 0 Å². The molecule has 1 aliphatic heterocycles. The number of rotatable bonds is 10. The summed E-state index contributed by atoms with van der Waals surface area (Å²) in [4.78, 5) is 18.4. The highest BCUT2D eigenvalue weighted by atomic mass is 19.1. The smallest absolute Gasteiger partial charge is 0.324 e. The van der Waals surface area contributed by atoms with Crippen LogP contribution < -0.4 is 15.0 Å². The number of carbonyl (C=O) groups is 1. The largest absolute Gasteiger partial charge is 0.493 e. The zero-order valence-electron chi connectivity index (χ0n) is 18.1. The van der Waals surface area contributed by atoms with Gasteiger partial charge in [-0.05, 0) is 43.7 Å². The molecule has 0 aliphatic carbocycles. The van der Waals surface area contributed by atoms with Gasteiger partial charge in [0.05, 0.1) is 18.8 Å².